The second kappa shape index (κ2) is 36.3. The maximum Gasteiger partial charge on any atom is 0.220 e. The molecule has 7 atom stereocenters. The second-order valence-electron chi connectivity index (χ2n) is 16.2. The highest BCUT2D eigenvalue weighted by atomic mass is 16.7. The fourth-order valence-electron chi connectivity index (χ4n) is 7.39. The number of aliphatic hydroxyl groups is 5. The van der Waals surface area contributed by atoms with Crippen LogP contribution < -0.4 is 5.32 Å². The van der Waals surface area contributed by atoms with Gasteiger partial charge < -0.3 is 40.3 Å². The predicted octanol–water partition coefficient (Wildman–Crippen LogP) is 9.34. The number of amides is 1. The molecule has 0 aromatic heterocycles. The van der Waals surface area contributed by atoms with Crippen LogP contribution in [0.2, 0.25) is 0 Å². The Labute approximate surface area is 331 Å². The van der Waals surface area contributed by atoms with Crippen LogP contribution in [0.15, 0.2) is 12.2 Å². The van der Waals surface area contributed by atoms with Gasteiger partial charge >= 0.3 is 0 Å². The summed E-state index contributed by atoms with van der Waals surface area (Å²) in [7, 11) is 0. The van der Waals surface area contributed by atoms with Gasteiger partial charge in [0.1, 0.15) is 24.4 Å². The quantitative estimate of drug-likeness (QED) is 0.0269. The summed E-state index contributed by atoms with van der Waals surface area (Å²) >= 11 is 0. The van der Waals surface area contributed by atoms with Crippen molar-refractivity contribution in [2.24, 2.45) is 0 Å². The first-order valence-electron chi connectivity index (χ1n) is 22.9. The van der Waals surface area contributed by atoms with Crippen molar-refractivity contribution in [3.05, 3.63) is 12.2 Å². The molecule has 1 aliphatic rings. The number of unbranched alkanes of at least 4 members (excludes halogenated alkanes) is 26. The Hall–Kier alpha value is -1.07. The van der Waals surface area contributed by atoms with E-state index in [0.717, 1.165) is 38.5 Å². The summed E-state index contributed by atoms with van der Waals surface area (Å²) in [6, 6.07) is -0.714. The maximum atomic E-state index is 13.0. The number of rotatable bonds is 38. The fraction of sp³-hybridized carbons (Fsp3) is 0.933. The average molecular weight is 770 g/mol. The van der Waals surface area contributed by atoms with Crippen molar-refractivity contribution < 1.29 is 39.8 Å². The van der Waals surface area contributed by atoms with Crippen molar-refractivity contribution in [2.45, 2.75) is 256 Å². The number of carbonyl (C=O) groups is 1. The molecule has 320 valence electrons. The van der Waals surface area contributed by atoms with Gasteiger partial charge in [0, 0.05) is 6.42 Å². The molecular formula is C45H87NO8. The molecule has 0 spiro atoms. The molecule has 6 N–H and O–H groups in total. The fourth-order valence-corrected chi connectivity index (χ4v) is 7.39. The first-order chi connectivity index (χ1) is 26.3. The molecule has 1 amide bonds. The van der Waals surface area contributed by atoms with Crippen molar-refractivity contribution in [1.29, 1.82) is 0 Å². The molecule has 1 aliphatic heterocycles. The smallest absolute Gasteiger partial charge is 0.220 e. The molecule has 2 unspecified atom stereocenters. The molecule has 1 heterocycles. The molecule has 9 heteroatoms. The number of aliphatic hydroxyl groups excluding tert-OH is 5. The van der Waals surface area contributed by atoms with Crippen molar-refractivity contribution >= 4 is 5.91 Å². The zero-order chi connectivity index (χ0) is 39.5. The van der Waals surface area contributed by atoms with Crippen LogP contribution in [0.4, 0.5) is 0 Å². The third kappa shape index (κ3) is 26.7. The minimum Gasteiger partial charge on any atom is -0.394 e. The Morgan fingerprint density at radius 1 is 0.611 bits per heavy atom. The lowest BCUT2D eigenvalue weighted by Gasteiger charge is -2.40. The Morgan fingerprint density at radius 3 is 1.50 bits per heavy atom. The topological polar surface area (TPSA) is 149 Å². The molecule has 0 aromatic rings. The van der Waals surface area contributed by atoms with Gasteiger partial charge in [-0.1, -0.05) is 180 Å². The van der Waals surface area contributed by atoms with Gasteiger partial charge in [0.15, 0.2) is 6.29 Å². The molecule has 0 radical (unpaired) electrons. The number of ether oxygens (including phenoxy) is 2. The number of carbonyl (C=O) groups excluding carboxylic acids is 1. The van der Waals surface area contributed by atoms with Gasteiger partial charge in [-0.3, -0.25) is 4.79 Å². The van der Waals surface area contributed by atoms with Gasteiger partial charge in [0.05, 0.1) is 25.4 Å². The molecule has 1 rings (SSSR count). The summed E-state index contributed by atoms with van der Waals surface area (Å²) < 4.78 is 11.2. The number of allylic oxidation sites excluding steroid dienone is 2. The summed E-state index contributed by atoms with van der Waals surface area (Å²) in [6.07, 6.45) is 33.6. The molecule has 9 nitrogen and oxygen atoms in total. The zero-order valence-corrected chi connectivity index (χ0v) is 35.0. The van der Waals surface area contributed by atoms with Crippen LogP contribution in [0.1, 0.15) is 213 Å². The maximum absolute atomic E-state index is 13.0. The van der Waals surface area contributed by atoms with Crippen LogP contribution in [0.3, 0.4) is 0 Å². The predicted molar refractivity (Wildman–Crippen MR) is 221 cm³/mol. The van der Waals surface area contributed by atoms with E-state index in [1.165, 1.54) is 148 Å². The van der Waals surface area contributed by atoms with Crippen LogP contribution in [0, 0.1) is 0 Å². The monoisotopic (exact) mass is 770 g/mol. The summed E-state index contributed by atoms with van der Waals surface area (Å²) in [4.78, 5) is 13.0. The summed E-state index contributed by atoms with van der Waals surface area (Å²) in [5, 5.41) is 54.3. The minimum atomic E-state index is -1.55. The molecule has 0 aromatic carbocycles. The lowest BCUT2D eigenvalue weighted by atomic mass is 9.99. The highest BCUT2D eigenvalue weighted by Gasteiger charge is 2.44. The Bertz CT molecular complexity index is 858. The highest BCUT2D eigenvalue weighted by molar-refractivity contribution is 5.76. The third-order valence-electron chi connectivity index (χ3n) is 11.1. The normalized spacial score (nSPS) is 21.5. The molecule has 1 saturated heterocycles. The van der Waals surface area contributed by atoms with Gasteiger partial charge in [-0.05, 0) is 38.5 Å². The van der Waals surface area contributed by atoms with E-state index in [4.69, 9.17) is 9.47 Å². The summed E-state index contributed by atoms with van der Waals surface area (Å²) in [5.74, 6) is -0.146. The van der Waals surface area contributed by atoms with Gasteiger partial charge in [-0.25, -0.2) is 0 Å². The lowest BCUT2D eigenvalue weighted by Crippen LogP contribution is -2.60. The average Bonchev–Trinajstić information content (AvgIpc) is 3.17. The summed E-state index contributed by atoms with van der Waals surface area (Å²) in [5.41, 5.74) is 0. The van der Waals surface area contributed by atoms with E-state index >= 15 is 0 Å². The van der Waals surface area contributed by atoms with E-state index in [2.05, 4.69) is 31.3 Å². The first-order valence-corrected chi connectivity index (χ1v) is 22.9. The van der Waals surface area contributed by atoms with Crippen molar-refractivity contribution in [1.82, 2.24) is 5.32 Å². The molecule has 54 heavy (non-hydrogen) atoms. The van der Waals surface area contributed by atoms with E-state index < -0.39 is 49.5 Å². The summed E-state index contributed by atoms with van der Waals surface area (Å²) in [6.45, 7) is 3.82. The number of hydrogen-bond donors (Lipinski definition) is 6. The SMILES string of the molecule is CCCCCCCC/C=C/CCCCCCCCCCCC(=O)N[C@@H](CO[C@H]1O[C@@H](CO)[C@H](O)C(O)C1O)[C@H](O)CCCCCCCCCCCCCC. The Morgan fingerprint density at radius 2 is 1.04 bits per heavy atom. The van der Waals surface area contributed by atoms with Crippen LogP contribution in [-0.2, 0) is 14.3 Å². The minimum absolute atomic E-state index is 0.136. The Balaban J connectivity index is 2.30. The van der Waals surface area contributed by atoms with E-state index in [1.54, 1.807) is 0 Å². The van der Waals surface area contributed by atoms with Crippen molar-refractivity contribution in [2.75, 3.05) is 13.2 Å². The zero-order valence-electron chi connectivity index (χ0n) is 35.0. The molecule has 0 aliphatic carbocycles. The van der Waals surface area contributed by atoms with E-state index in [-0.39, 0.29) is 12.5 Å². The number of nitrogens with one attached hydrogen (secondary N) is 1. The molecule has 1 fully saturated rings. The Kier molecular flexibility index (Phi) is 34.2. The van der Waals surface area contributed by atoms with Gasteiger partial charge in [0.2, 0.25) is 5.91 Å². The van der Waals surface area contributed by atoms with Crippen LogP contribution in [-0.4, -0.2) is 87.5 Å². The molecule has 0 bridgehead atoms. The second-order valence-corrected chi connectivity index (χ2v) is 16.2. The standard InChI is InChI=1S/C45H87NO8/c1-3-5-7-9-11-13-15-17-18-19-20-21-22-23-25-27-29-31-33-35-41(49)46-38(37-53-45-44(52)43(51)42(50)40(36-47)54-45)39(48)34-32-30-28-26-24-16-14-12-10-8-6-4-2/h17-18,38-40,42-45,47-48,50-52H,3-16,19-37H2,1-2H3,(H,46,49)/b18-17+/t38-,39+,40-,42-,43?,44?,45-/m0/s1. The lowest BCUT2D eigenvalue weighted by molar-refractivity contribution is -0.302. The first kappa shape index (κ1) is 50.9. The van der Waals surface area contributed by atoms with Gasteiger partial charge in [-0.15, -0.1) is 0 Å². The van der Waals surface area contributed by atoms with Gasteiger partial charge in [-0.2, -0.15) is 0 Å². The van der Waals surface area contributed by atoms with Crippen LogP contribution in [0.5, 0.6) is 0 Å². The largest absolute Gasteiger partial charge is 0.394 e. The van der Waals surface area contributed by atoms with Crippen molar-refractivity contribution in [3.8, 4) is 0 Å². The highest BCUT2D eigenvalue weighted by Crippen LogP contribution is 2.23. The molecular weight excluding hydrogens is 682 g/mol. The van der Waals surface area contributed by atoms with Crippen molar-refractivity contribution in [3.63, 3.8) is 0 Å². The van der Waals surface area contributed by atoms with Crippen LogP contribution >= 0.6 is 0 Å². The van der Waals surface area contributed by atoms with Crippen LogP contribution in [0.25, 0.3) is 0 Å². The van der Waals surface area contributed by atoms with E-state index in [9.17, 15) is 30.3 Å². The number of hydrogen-bond acceptors (Lipinski definition) is 8. The van der Waals surface area contributed by atoms with E-state index in [0.29, 0.717) is 12.8 Å². The van der Waals surface area contributed by atoms with Gasteiger partial charge in [0.25, 0.3) is 0 Å². The van der Waals surface area contributed by atoms with E-state index in [1.807, 2.05) is 0 Å². The molecule has 0 saturated carbocycles. The third-order valence-corrected chi connectivity index (χ3v) is 11.1.